The highest BCUT2D eigenvalue weighted by Crippen LogP contribution is 2.44. The number of aryl methyl sites for hydroxylation is 2. The Morgan fingerprint density at radius 3 is 2.36 bits per heavy atom. The Bertz CT molecular complexity index is 1310. The summed E-state index contributed by atoms with van der Waals surface area (Å²) in [5, 5.41) is 4.27. The van der Waals surface area contributed by atoms with E-state index in [1.54, 1.807) is 0 Å². The molecule has 1 saturated heterocycles. The van der Waals surface area contributed by atoms with Crippen molar-refractivity contribution in [1.82, 2.24) is 14.9 Å². The average Bonchev–Trinajstić information content (AvgIpc) is 3.31. The SMILES string of the molecule is Cc1ccccc1-n1c(C)cc([C@@H]2[C@H](c3ccccn3)NC(=S)N2c2ccc(Br)cc2)c1C. The molecule has 1 fully saturated rings. The van der Waals surface area contributed by atoms with Gasteiger partial charge in [-0.15, -0.1) is 0 Å². The van der Waals surface area contributed by atoms with Gasteiger partial charge in [0, 0.05) is 33.4 Å². The maximum Gasteiger partial charge on any atom is 0.174 e. The lowest BCUT2D eigenvalue weighted by atomic mass is 9.96. The fourth-order valence-corrected chi connectivity index (χ4v) is 5.43. The molecule has 1 aliphatic heterocycles. The van der Waals surface area contributed by atoms with Gasteiger partial charge in [-0.1, -0.05) is 40.2 Å². The summed E-state index contributed by atoms with van der Waals surface area (Å²) in [6.07, 6.45) is 1.84. The van der Waals surface area contributed by atoms with Gasteiger partial charge in [0.1, 0.15) is 0 Å². The minimum absolute atomic E-state index is 0.0301. The number of hydrogen-bond donors (Lipinski definition) is 1. The topological polar surface area (TPSA) is 33.1 Å². The summed E-state index contributed by atoms with van der Waals surface area (Å²) >= 11 is 9.43. The van der Waals surface area contributed by atoms with Crippen LogP contribution in [-0.4, -0.2) is 14.7 Å². The molecule has 3 heterocycles. The lowest BCUT2D eigenvalue weighted by molar-refractivity contribution is 0.565. The first-order chi connectivity index (χ1) is 16.0. The standard InChI is InChI=1S/C27H25BrN4S/c1-17-8-4-5-10-24(17)31-18(2)16-22(19(31)3)26-25(23-9-6-7-15-29-23)30-27(33)32(26)21-13-11-20(28)12-14-21/h4-16,25-26H,1-3H3,(H,30,33)/t25-,26+/m0/s1. The van der Waals surface area contributed by atoms with Crippen molar-refractivity contribution in [2.45, 2.75) is 32.9 Å². The Morgan fingerprint density at radius 2 is 1.67 bits per heavy atom. The predicted octanol–water partition coefficient (Wildman–Crippen LogP) is 6.74. The van der Waals surface area contributed by atoms with E-state index in [0.29, 0.717) is 5.11 Å². The largest absolute Gasteiger partial charge is 0.351 e. The van der Waals surface area contributed by atoms with Crippen molar-refractivity contribution in [2.75, 3.05) is 4.90 Å². The van der Waals surface area contributed by atoms with Crippen LogP contribution in [0, 0.1) is 20.8 Å². The molecular weight excluding hydrogens is 492 g/mol. The van der Waals surface area contributed by atoms with Crippen LogP contribution < -0.4 is 10.2 Å². The molecule has 6 heteroatoms. The highest BCUT2D eigenvalue weighted by molar-refractivity contribution is 9.10. The van der Waals surface area contributed by atoms with Crippen LogP contribution in [0.2, 0.25) is 0 Å². The van der Waals surface area contributed by atoms with Crippen LogP contribution in [0.4, 0.5) is 5.69 Å². The minimum Gasteiger partial charge on any atom is -0.351 e. The van der Waals surface area contributed by atoms with Crippen LogP contribution in [0.25, 0.3) is 5.69 Å². The number of nitrogens with zero attached hydrogens (tertiary/aromatic N) is 3. The number of rotatable bonds is 4. The molecule has 0 spiro atoms. The third kappa shape index (κ3) is 3.87. The molecule has 5 rings (SSSR count). The van der Waals surface area contributed by atoms with E-state index in [1.165, 1.54) is 28.2 Å². The van der Waals surface area contributed by atoms with Gasteiger partial charge < -0.3 is 14.8 Å². The molecular formula is C27H25BrN4S. The molecule has 1 N–H and O–H groups in total. The number of pyridine rings is 1. The van der Waals surface area contributed by atoms with E-state index in [4.69, 9.17) is 12.2 Å². The third-order valence-electron chi connectivity index (χ3n) is 6.35. The second-order valence-corrected chi connectivity index (χ2v) is 9.72. The highest BCUT2D eigenvalue weighted by atomic mass is 79.9. The van der Waals surface area contributed by atoms with Gasteiger partial charge in [-0.3, -0.25) is 4.98 Å². The fourth-order valence-electron chi connectivity index (χ4n) is 4.82. The third-order valence-corrected chi connectivity index (χ3v) is 7.19. The summed E-state index contributed by atoms with van der Waals surface area (Å²) in [6, 6.07) is 25.1. The van der Waals surface area contributed by atoms with Gasteiger partial charge in [0.25, 0.3) is 0 Å². The van der Waals surface area contributed by atoms with E-state index in [-0.39, 0.29) is 12.1 Å². The maximum atomic E-state index is 5.88. The molecule has 2 aromatic carbocycles. The Labute approximate surface area is 208 Å². The van der Waals surface area contributed by atoms with Crippen LogP contribution in [0.1, 0.15) is 40.3 Å². The zero-order valence-electron chi connectivity index (χ0n) is 18.8. The van der Waals surface area contributed by atoms with Crippen molar-refractivity contribution in [2.24, 2.45) is 0 Å². The lowest BCUT2D eigenvalue weighted by Crippen LogP contribution is -2.29. The van der Waals surface area contributed by atoms with Crippen molar-refractivity contribution < 1.29 is 0 Å². The molecule has 2 atom stereocenters. The number of aromatic nitrogens is 2. The number of hydrogen-bond acceptors (Lipinski definition) is 2. The van der Waals surface area contributed by atoms with E-state index < -0.39 is 0 Å². The van der Waals surface area contributed by atoms with Crippen LogP contribution >= 0.6 is 28.1 Å². The monoisotopic (exact) mass is 516 g/mol. The molecule has 166 valence electrons. The molecule has 33 heavy (non-hydrogen) atoms. The number of nitrogens with one attached hydrogen (secondary N) is 1. The van der Waals surface area contributed by atoms with E-state index in [1.807, 2.05) is 18.3 Å². The number of thiocarbonyl (C=S) groups is 1. The number of benzene rings is 2. The van der Waals surface area contributed by atoms with E-state index in [0.717, 1.165) is 15.9 Å². The number of para-hydroxylation sites is 1. The summed E-state index contributed by atoms with van der Waals surface area (Å²) in [5.41, 5.74) is 8.13. The molecule has 0 saturated carbocycles. The molecule has 0 radical (unpaired) electrons. The highest BCUT2D eigenvalue weighted by Gasteiger charge is 2.42. The van der Waals surface area contributed by atoms with Crippen LogP contribution in [0.15, 0.2) is 83.5 Å². The Balaban J connectivity index is 1.69. The van der Waals surface area contributed by atoms with Crippen molar-refractivity contribution in [3.63, 3.8) is 0 Å². The Hall–Kier alpha value is -2.96. The quantitative estimate of drug-likeness (QED) is 0.304. The van der Waals surface area contributed by atoms with Crippen LogP contribution in [-0.2, 0) is 0 Å². The Kier molecular flexibility index (Phi) is 5.81. The summed E-state index contributed by atoms with van der Waals surface area (Å²) in [4.78, 5) is 6.91. The number of halogens is 1. The van der Waals surface area contributed by atoms with Gasteiger partial charge >= 0.3 is 0 Å². The van der Waals surface area contributed by atoms with Gasteiger partial charge in [0.05, 0.1) is 17.8 Å². The predicted molar refractivity (Wildman–Crippen MR) is 142 cm³/mol. The molecule has 0 aliphatic carbocycles. The van der Waals surface area contributed by atoms with Gasteiger partial charge in [-0.25, -0.2) is 0 Å². The van der Waals surface area contributed by atoms with Crippen molar-refractivity contribution >= 4 is 38.9 Å². The minimum atomic E-state index is -0.0619. The van der Waals surface area contributed by atoms with Crippen LogP contribution in [0.5, 0.6) is 0 Å². The van der Waals surface area contributed by atoms with E-state index in [9.17, 15) is 0 Å². The van der Waals surface area contributed by atoms with Crippen LogP contribution in [0.3, 0.4) is 0 Å². The molecule has 4 aromatic rings. The first-order valence-corrected chi connectivity index (χ1v) is 12.2. The normalized spacial score (nSPS) is 17.9. The first kappa shape index (κ1) is 21.9. The molecule has 0 unspecified atom stereocenters. The zero-order chi connectivity index (χ0) is 23.1. The molecule has 4 nitrogen and oxygen atoms in total. The average molecular weight is 517 g/mol. The zero-order valence-corrected chi connectivity index (χ0v) is 21.2. The molecule has 0 amide bonds. The van der Waals surface area contributed by atoms with Crippen molar-refractivity contribution in [3.8, 4) is 5.69 Å². The smallest absolute Gasteiger partial charge is 0.174 e. The number of anilines is 1. The van der Waals surface area contributed by atoms with Gasteiger partial charge in [0.15, 0.2) is 5.11 Å². The van der Waals surface area contributed by atoms with Gasteiger partial charge in [-0.05, 0) is 92.6 Å². The lowest BCUT2D eigenvalue weighted by Gasteiger charge is -2.28. The van der Waals surface area contributed by atoms with E-state index >= 15 is 0 Å². The van der Waals surface area contributed by atoms with Crippen molar-refractivity contribution in [3.05, 3.63) is 112 Å². The summed E-state index contributed by atoms with van der Waals surface area (Å²) in [6.45, 7) is 6.53. The summed E-state index contributed by atoms with van der Waals surface area (Å²) in [7, 11) is 0. The molecule has 1 aliphatic rings. The first-order valence-electron chi connectivity index (χ1n) is 11.0. The van der Waals surface area contributed by atoms with Gasteiger partial charge in [-0.2, -0.15) is 0 Å². The summed E-state index contributed by atoms with van der Waals surface area (Å²) in [5.74, 6) is 0. The van der Waals surface area contributed by atoms with E-state index in [2.05, 4.69) is 117 Å². The maximum absolute atomic E-state index is 5.88. The Morgan fingerprint density at radius 1 is 0.939 bits per heavy atom. The summed E-state index contributed by atoms with van der Waals surface area (Å²) < 4.78 is 3.39. The molecule has 2 aromatic heterocycles. The fraction of sp³-hybridized carbons (Fsp3) is 0.185. The van der Waals surface area contributed by atoms with Crippen molar-refractivity contribution in [1.29, 1.82) is 0 Å². The second kappa shape index (κ2) is 8.76. The molecule has 0 bridgehead atoms. The van der Waals surface area contributed by atoms with Gasteiger partial charge in [0.2, 0.25) is 0 Å². The second-order valence-electron chi connectivity index (χ2n) is 8.42.